The highest BCUT2D eigenvalue weighted by atomic mass is 16.5. The molecule has 3 aromatic carbocycles. The molecule has 142 valence electrons. The Kier molecular flexibility index (Phi) is 6.31. The van der Waals surface area contributed by atoms with Crippen LogP contribution >= 0.6 is 0 Å². The molecule has 0 saturated heterocycles. The van der Waals surface area contributed by atoms with Crippen LogP contribution in [0.3, 0.4) is 0 Å². The maximum absolute atomic E-state index is 12.3. The number of carbonyl (C=O) groups excluding carboxylic acids is 1. The molecule has 0 bridgehead atoms. The third-order valence-electron chi connectivity index (χ3n) is 3.99. The Bertz CT molecular complexity index is 950. The highest BCUT2D eigenvalue weighted by Gasteiger charge is 2.08. The minimum absolute atomic E-state index is 0.141. The van der Waals surface area contributed by atoms with Crippen molar-refractivity contribution < 1.29 is 19.0 Å². The van der Waals surface area contributed by atoms with Gasteiger partial charge in [0, 0.05) is 23.5 Å². The average Bonchev–Trinajstić information content (AvgIpc) is 2.75. The quantitative estimate of drug-likeness (QED) is 0.427. The number of ether oxygens (including phenoxy) is 3. The Hall–Kier alpha value is -3.73. The zero-order valence-electron chi connectivity index (χ0n) is 15.7. The molecular formula is C23H21NO4. The van der Waals surface area contributed by atoms with Gasteiger partial charge in [0.05, 0.1) is 14.2 Å². The van der Waals surface area contributed by atoms with Crippen LogP contribution in [0.5, 0.6) is 23.0 Å². The molecule has 0 aromatic heterocycles. The van der Waals surface area contributed by atoms with Crippen molar-refractivity contribution in [2.75, 3.05) is 19.5 Å². The normalized spacial score (nSPS) is 10.5. The molecule has 0 heterocycles. The lowest BCUT2D eigenvalue weighted by atomic mass is 10.1. The smallest absolute Gasteiger partial charge is 0.187 e. The van der Waals surface area contributed by atoms with Crippen molar-refractivity contribution in [1.29, 1.82) is 0 Å². The molecule has 28 heavy (non-hydrogen) atoms. The number of rotatable bonds is 8. The van der Waals surface area contributed by atoms with Gasteiger partial charge in [0.25, 0.3) is 0 Å². The summed E-state index contributed by atoms with van der Waals surface area (Å²) in [5.41, 5.74) is 1.36. The van der Waals surface area contributed by atoms with Crippen LogP contribution in [0.2, 0.25) is 0 Å². The van der Waals surface area contributed by atoms with Crippen molar-refractivity contribution in [1.82, 2.24) is 0 Å². The third kappa shape index (κ3) is 4.92. The fourth-order valence-corrected chi connectivity index (χ4v) is 2.54. The second kappa shape index (κ2) is 9.28. The van der Waals surface area contributed by atoms with E-state index in [2.05, 4.69) is 5.32 Å². The largest absolute Gasteiger partial charge is 0.493 e. The first-order valence-corrected chi connectivity index (χ1v) is 8.72. The van der Waals surface area contributed by atoms with Crippen molar-refractivity contribution in [3.8, 4) is 23.0 Å². The van der Waals surface area contributed by atoms with E-state index in [1.54, 1.807) is 31.5 Å². The van der Waals surface area contributed by atoms with Gasteiger partial charge in [0.2, 0.25) is 0 Å². The van der Waals surface area contributed by atoms with Gasteiger partial charge in [-0.2, -0.15) is 0 Å². The Morgan fingerprint density at radius 1 is 0.821 bits per heavy atom. The van der Waals surface area contributed by atoms with Crippen LogP contribution in [0.25, 0.3) is 0 Å². The molecule has 0 aliphatic carbocycles. The molecule has 1 N–H and O–H groups in total. The maximum atomic E-state index is 12.3. The van der Waals surface area contributed by atoms with E-state index in [0.717, 1.165) is 17.2 Å². The predicted molar refractivity (Wildman–Crippen MR) is 110 cm³/mol. The number of benzene rings is 3. The number of allylic oxidation sites excluding steroid dienone is 1. The van der Waals surface area contributed by atoms with Crippen LogP contribution in [0.15, 0.2) is 85.1 Å². The van der Waals surface area contributed by atoms with Crippen LogP contribution in [0.4, 0.5) is 5.69 Å². The Labute approximate surface area is 164 Å². The fraction of sp³-hybridized carbons (Fsp3) is 0.0870. The van der Waals surface area contributed by atoms with Gasteiger partial charge in [-0.25, -0.2) is 0 Å². The minimum Gasteiger partial charge on any atom is -0.493 e. The van der Waals surface area contributed by atoms with Gasteiger partial charge in [0.1, 0.15) is 11.5 Å². The molecule has 0 spiro atoms. The molecular weight excluding hydrogens is 354 g/mol. The van der Waals surface area contributed by atoms with E-state index >= 15 is 0 Å². The monoisotopic (exact) mass is 375 g/mol. The van der Waals surface area contributed by atoms with E-state index < -0.39 is 0 Å². The van der Waals surface area contributed by atoms with E-state index in [4.69, 9.17) is 14.2 Å². The number of methoxy groups -OCH3 is 2. The first-order valence-electron chi connectivity index (χ1n) is 8.72. The average molecular weight is 375 g/mol. The Morgan fingerprint density at radius 3 is 2.18 bits per heavy atom. The van der Waals surface area contributed by atoms with Gasteiger partial charge < -0.3 is 19.5 Å². The molecule has 5 nitrogen and oxygen atoms in total. The highest BCUT2D eigenvalue weighted by Crippen LogP contribution is 2.28. The lowest BCUT2D eigenvalue weighted by Gasteiger charge is -2.08. The Balaban J connectivity index is 1.59. The molecule has 0 atom stereocenters. The van der Waals surface area contributed by atoms with Crippen molar-refractivity contribution >= 4 is 11.5 Å². The summed E-state index contributed by atoms with van der Waals surface area (Å²) in [6, 6.07) is 22.1. The lowest BCUT2D eigenvalue weighted by Crippen LogP contribution is -1.98. The molecule has 0 amide bonds. The van der Waals surface area contributed by atoms with Gasteiger partial charge in [-0.3, -0.25) is 4.79 Å². The second-order valence-electron chi connectivity index (χ2n) is 5.85. The first-order chi connectivity index (χ1) is 13.7. The van der Waals surface area contributed by atoms with Crippen molar-refractivity contribution in [3.63, 3.8) is 0 Å². The van der Waals surface area contributed by atoms with E-state index in [-0.39, 0.29) is 5.78 Å². The summed E-state index contributed by atoms with van der Waals surface area (Å²) in [5.74, 6) is 2.48. The van der Waals surface area contributed by atoms with Gasteiger partial charge in [-0.05, 0) is 54.6 Å². The summed E-state index contributed by atoms with van der Waals surface area (Å²) in [6.07, 6.45) is 3.07. The molecule has 3 aromatic rings. The van der Waals surface area contributed by atoms with Gasteiger partial charge in [-0.15, -0.1) is 0 Å². The van der Waals surface area contributed by atoms with Crippen molar-refractivity contribution in [2.45, 2.75) is 0 Å². The summed E-state index contributed by atoms with van der Waals surface area (Å²) >= 11 is 0. The number of anilines is 1. The first kappa shape index (κ1) is 19.0. The van der Waals surface area contributed by atoms with Crippen molar-refractivity contribution in [3.05, 3.63) is 90.6 Å². The molecule has 0 saturated carbocycles. The zero-order valence-corrected chi connectivity index (χ0v) is 15.7. The van der Waals surface area contributed by atoms with Crippen LogP contribution in [0, 0.1) is 0 Å². The number of ketones is 1. The second-order valence-corrected chi connectivity index (χ2v) is 5.85. The number of para-hydroxylation sites is 1. The molecule has 3 rings (SSSR count). The summed E-state index contributed by atoms with van der Waals surface area (Å²) in [7, 11) is 3.09. The van der Waals surface area contributed by atoms with Crippen LogP contribution in [0.1, 0.15) is 10.4 Å². The van der Waals surface area contributed by atoms with E-state index in [1.165, 1.54) is 13.2 Å². The van der Waals surface area contributed by atoms with E-state index in [0.29, 0.717) is 17.1 Å². The van der Waals surface area contributed by atoms with Crippen LogP contribution in [-0.4, -0.2) is 20.0 Å². The number of hydrogen-bond donors (Lipinski definition) is 1. The Morgan fingerprint density at radius 2 is 1.50 bits per heavy atom. The summed E-state index contributed by atoms with van der Waals surface area (Å²) in [6.45, 7) is 0. The number of nitrogens with one attached hydrogen (secondary N) is 1. The fourth-order valence-electron chi connectivity index (χ4n) is 2.54. The topological polar surface area (TPSA) is 56.8 Å². The summed E-state index contributed by atoms with van der Waals surface area (Å²) < 4.78 is 16.2. The standard InChI is InChI=1S/C23H21NO4/c1-26-22-13-8-17(16-23(22)27-2)21(25)14-15-24-18-9-11-20(12-10-18)28-19-6-4-3-5-7-19/h3-16,24H,1-2H3/b15-14+. The molecule has 0 fully saturated rings. The molecule has 0 radical (unpaired) electrons. The molecule has 5 heteroatoms. The molecule has 0 unspecified atom stereocenters. The minimum atomic E-state index is -0.141. The van der Waals surface area contributed by atoms with Gasteiger partial charge in [0.15, 0.2) is 17.3 Å². The molecule has 0 aliphatic heterocycles. The predicted octanol–water partition coefficient (Wildman–Crippen LogP) is 5.30. The van der Waals surface area contributed by atoms with Gasteiger partial charge in [-0.1, -0.05) is 18.2 Å². The lowest BCUT2D eigenvalue weighted by molar-refractivity contribution is 0.104. The summed E-state index contributed by atoms with van der Waals surface area (Å²) in [4.78, 5) is 12.3. The van der Waals surface area contributed by atoms with Crippen molar-refractivity contribution in [2.24, 2.45) is 0 Å². The summed E-state index contributed by atoms with van der Waals surface area (Å²) in [5, 5.41) is 3.07. The maximum Gasteiger partial charge on any atom is 0.187 e. The van der Waals surface area contributed by atoms with E-state index in [1.807, 2.05) is 54.6 Å². The highest BCUT2D eigenvalue weighted by molar-refractivity contribution is 6.05. The van der Waals surface area contributed by atoms with Crippen LogP contribution < -0.4 is 19.5 Å². The zero-order chi connectivity index (χ0) is 19.8. The van der Waals surface area contributed by atoms with E-state index in [9.17, 15) is 4.79 Å². The van der Waals surface area contributed by atoms with Gasteiger partial charge >= 0.3 is 0 Å². The van der Waals surface area contributed by atoms with Crippen LogP contribution in [-0.2, 0) is 0 Å². The SMILES string of the molecule is COc1ccc(C(=O)/C=C/Nc2ccc(Oc3ccccc3)cc2)cc1OC. The molecule has 0 aliphatic rings. The third-order valence-corrected chi connectivity index (χ3v) is 3.99. The number of carbonyl (C=O) groups is 1. The number of hydrogen-bond acceptors (Lipinski definition) is 5.